The largest absolute Gasteiger partial charge is 0.460 e. The van der Waals surface area contributed by atoms with Gasteiger partial charge in [-0.05, 0) is 36.8 Å². The molecule has 0 saturated carbocycles. The molecule has 1 rings (SSSR count). The third kappa shape index (κ3) is 21.6. The van der Waals surface area contributed by atoms with Gasteiger partial charge in [-0.3, -0.25) is 0 Å². The van der Waals surface area contributed by atoms with Crippen molar-refractivity contribution in [2.75, 3.05) is 79.3 Å². The number of carbonyl (C=O) groups excluding carboxylic acids is 2. The second-order valence-electron chi connectivity index (χ2n) is 11.4. The molecule has 1 aromatic rings. The molecule has 0 aromatic heterocycles. The predicted molar refractivity (Wildman–Crippen MR) is 172 cm³/mol. The number of carbonyl (C=O) groups is 2. The molecule has 0 fully saturated rings. The molecule has 1 atom stereocenters. The average Bonchev–Trinajstić information content (AvgIpc) is 3.03. The van der Waals surface area contributed by atoms with E-state index in [0.29, 0.717) is 45.6 Å². The minimum atomic E-state index is -0.604. The molecule has 0 aliphatic rings. The van der Waals surface area contributed by atoms with E-state index >= 15 is 0 Å². The van der Waals surface area contributed by atoms with Crippen LogP contribution in [0.3, 0.4) is 0 Å². The highest BCUT2D eigenvalue weighted by Gasteiger charge is 2.19. The Balaban J connectivity index is 2.08. The second kappa shape index (κ2) is 28.4. The number of esters is 2. The fourth-order valence-electron chi connectivity index (χ4n) is 4.40. The zero-order valence-corrected chi connectivity index (χ0v) is 28.0. The molecular formula is C35H60O9. The number of ether oxygens (including phenoxy) is 7. The van der Waals surface area contributed by atoms with Crippen LogP contribution in [0.4, 0.5) is 0 Å². The Morgan fingerprint density at radius 1 is 0.568 bits per heavy atom. The first kappa shape index (κ1) is 40.0. The first-order valence-electron chi connectivity index (χ1n) is 16.8. The van der Waals surface area contributed by atoms with E-state index in [1.54, 1.807) is 24.3 Å². The third-order valence-electron chi connectivity index (χ3n) is 7.12. The normalized spacial score (nSPS) is 12.0. The van der Waals surface area contributed by atoms with Gasteiger partial charge in [0.25, 0.3) is 0 Å². The summed E-state index contributed by atoms with van der Waals surface area (Å²) in [5.41, 5.74) is 0.306. The van der Waals surface area contributed by atoms with E-state index < -0.39 is 11.9 Å². The summed E-state index contributed by atoms with van der Waals surface area (Å²) in [6.45, 7) is 13.9. The van der Waals surface area contributed by atoms with Crippen molar-refractivity contribution in [3.63, 3.8) is 0 Å². The summed E-state index contributed by atoms with van der Waals surface area (Å²) in [7, 11) is 0. The molecule has 254 valence electrons. The highest BCUT2D eigenvalue weighted by molar-refractivity contribution is 6.03. The molecule has 0 spiro atoms. The molecule has 0 amide bonds. The molecule has 0 radical (unpaired) electrons. The van der Waals surface area contributed by atoms with Crippen LogP contribution in [-0.2, 0) is 33.2 Å². The van der Waals surface area contributed by atoms with Crippen LogP contribution in [0.15, 0.2) is 24.3 Å². The molecule has 0 heterocycles. The lowest BCUT2D eigenvalue weighted by atomic mass is 10.0. The van der Waals surface area contributed by atoms with Crippen molar-refractivity contribution in [1.82, 2.24) is 0 Å². The predicted octanol–water partition coefficient (Wildman–Crippen LogP) is 6.91. The zero-order chi connectivity index (χ0) is 32.1. The number of hydrogen-bond donors (Lipinski definition) is 0. The van der Waals surface area contributed by atoms with Crippen molar-refractivity contribution in [3.8, 4) is 0 Å². The smallest absolute Gasteiger partial charge is 0.339 e. The lowest BCUT2D eigenvalue weighted by molar-refractivity contribution is -0.0000665. The van der Waals surface area contributed by atoms with Gasteiger partial charge in [-0.15, -0.1) is 0 Å². The summed E-state index contributed by atoms with van der Waals surface area (Å²) >= 11 is 0. The minimum Gasteiger partial charge on any atom is -0.460 e. The molecule has 9 heteroatoms. The van der Waals surface area contributed by atoms with E-state index in [0.717, 1.165) is 32.0 Å². The number of rotatable bonds is 30. The number of unbranched alkanes of at least 4 members (excludes halogenated alkanes) is 4. The topological polar surface area (TPSA) is 98.8 Å². The molecule has 0 saturated heterocycles. The van der Waals surface area contributed by atoms with Crippen molar-refractivity contribution in [2.45, 2.75) is 85.5 Å². The highest BCUT2D eigenvalue weighted by atomic mass is 16.6. The van der Waals surface area contributed by atoms with Gasteiger partial charge >= 0.3 is 11.9 Å². The summed E-state index contributed by atoms with van der Waals surface area (Å²) in [5.74, 6) is 0.175. The van der Waals surface area contributed by atoms with E-state index in [4.69, 9.17) is 33.2 Å². The molecule has 1 unspecified atom stereocenters. The molecule has 1 aromatic carbocycles. The van der Waals surface area contributed by atoms with Crippen molar-refractivity contribution in [1.29, 1.82) is 0 Å². The molecule has 44 heavy (non-hydrogen) atoms. The van der Waals surface area contributed by atoms with Crippen molar-refractivity contribution >= 4 is 11.9 Å². The van der Waals surface area contributed by atoms with E-state index in [2.05, 4.69) is 27.7 Å². The van der Waals surface area contributed by atoms with E-state index in [1.165, 1.54) is 44.9 Å². The third-order valence-corrected chi connectivity index (χ3v) is 7.12. The van der Waals surface area contributed by atoms with E-state index in [1.807, 2.05) is 0 Å². The number of hydrogen-bond acceptors (Lipinski definition) is 9. The molecule has 0 aliphatic carbocycles. The summed E-state index contributed by atoms with van der Waals surface area (Å²) in [6.07, 6.45) is 10.9. The van der Waals surface area contributed by atoms with Gasteiger partial charge in [-0.1, -0.05) is 84.8 Å². The standard InChI is InChI=1S/C35H60O9/c1-5-7-15-31(6-2)29-42-24-23-41-26-28-44-35(37)33-17-12-11-16-32(33)34(36)43-27-25-40-22-21-39-20-19-38-18-13-9-8-10-14-30(3)4/h11-12,16-17,30-31H,5-10,13-15,18-29H2,1-4H3. The highest BCUT2D eigenvalue weighted by Crippen LogP contribution is 2.14. The maximum absolute atomic E-state index is 12.6. The van der Waals surface area contributed by atoms with Gasteiger partial charge < -0.3 is 33.2 Å². The Labute approximate surface area is 266 Å². The van der Waals surface area contributed by atoms with Gasteiger partial charge in [0.15, 0.2) is 0 Å². The second-order valence-corrected chi connectivity index (χ2v) is 11.4. The maximum atomic E-state index is 12.6. The molecule has 0 bridgehead atoms. The van der Waals surface area contributed by atoms with Crippen molar-refractivity contribution in [2.24, 2.45) is 11.8 Å². The van der Waals surface area contributed by atoms with Gasteiger partial charge in [0.05, 0.1) is 64.0 Å². The average molecular weight is 625 g/mol. The molecule has 0 N–H and O–H groups in total. The Bertz CT molecular complexity index is 830. The van der Waals surface area contributed by atoms with Crippen molar-refractivity contribution < 1.29 is 42.7 Å². The van der Waals surface area contributed by atoms with E-state index in [-0.39, 0.29) is 37.6 Å². The fraction of sp³-hybridized carbons (Fsp3) is 0.771. The Kier molecular flexibility index (Phi) is 25.8. The van der Waals surface area contributed by atoms with Crippen LogP contribution in [0, 0.1) is 11.8 Å². The summed E-state index contributed by atoms with van der Waals surface area (Å²) < 4.78 is 38.4. The summed E-state index contributed by atoms with van der Waals surface area (Å²) in [4.78, 5) is 25.1. The van der Waals surface area contributed by atoms with E-state index in [9.17, 15) is 9.59 Å². The Morgan fingerprint density at radius 2 is 1.05 bits per heavy atom. The lowest BCUT2D eigenvalue weighted by Crippen LogP contribution is -2.18. The quantitative estimate of drug-likeness (QED) is 0.0668. The first-order chi connectivity index (χ1) is 21.5. The zero-order valence-electron chi connectivity index (χ0n) is 28.0. The van der Waals surface area contributed by atoms with Gasteiger partial charge in [0, 0.05) is 13.2 Å². The SMILES string of the molecule is CCCCC(CC)COCCOCCOC(=O)c1ccccc1C(=O)OCCOCCOCCOCCCCCCC(C)C. The fourth-order valence-corrected chi connectivity index (χ4v) is 4.40. The minimum absolute atomic E-state index is 0.0655. The van der Waals surface area contributed by atoms with Crippen LogP contribution in [-0.4, -0.2) is 91.2 Å². The maximum Gasteiger partial charge on any atom is 0.339 e. The Hall–Kier alpha value is -2.04. The Morgan fingerprint density at radius 3 is 1.55 bits per heavy atom. The molecule has 9 nitrogen and oxygen atoms in total. The van der Waals surface area contributed by atoms with Crippen LogP contribution >= 0.6 is 0 Å². The van der Waals surface area contributed by atoms with Gasteiger partial charge in [-0.2, -0.15) is 0 Å². The number of benzene rings is 1. The summed E-state index contributed by atoms with van der Waals surface area (Å²) in [6, 6.07) is 6.43. The van der Waals surface area contributed by atoms with Crippen LogP contribution < -0.4 is 0 Å². The van der Waals surface area contributed by atoms with Gasteiger partial charge in [-0.25, -0.2) is 9.59 Å². The van der Waals surface area contributed by atoms with Gasteiger partial charge in [0.1, 0.15) is 13.2 Å². The van der Waals surface area contributed by atoms with Gasteiger partial charge in [0.2, 0.25) is 0 Å². The first-order valence-corrected chi connectivity index (χ1v) is 16.8. The molecule has 0 aliphatic heterocycles. The van der Waals surface area contributed by atoms with Crippen LogP contribution in [0.25, 0.3) is 0 Å². The molecular weight excluding hydrogens is 564 g/mol. The van der Waals surface area contributed by atoms with Crippen LogP contribution in [0.2, 0.25) is 0 Å². The van der Waals surface area contributed by atoms with Crippen LogP contribution in [0.1, 0.15) is 106 Å². The summed E-state index contributed by atoms with van der Waals surface area (Å²) in [5, 5.41) is 0. The van der Waals surface area contributed by atoms with Crippen molar-refractivity contribution in [3.05, 3.63) is 35.4 Å². The lowest BCUT2D eigenvalue weighted by Gasteiger charge is -2.14. The monoisotopic (exact) mass is 624 g/mol. The van der Waals surface area contributed by atoms with Crippen LogP contribution in [0.5, 0.6) is 0 Å².